The molecule has 0 amide bonds. The Morgan fingerprint density at radius 1 is 1.38 bits per heavy atom. The molecule has 3 heteroatoms. The molecule has 1 aromatic carbocycles. The Balaban J connectivity index is 0.00000144. The van der Waals surface area contributed by atoms with Gasteiger partial charge in [-0.1, -0.05) is 31.2 Å². The molecule has 0 saturated carbocycles. The van der Waals surface area contributed by atoms with E-state index in [1.54, 1.807) is 0 Å². The number of halogens is 1. The van der Waals surface area contributed by atoms with Crippen LogP contribution in [0.1, 0.15) is 30.5 Å². The van der Waals surface area contributed by atoms with E-state index in [9.17, 15) is 0 Å². The van der Waals surface area contributed by atoms with Crippen LogP contribution < -0.4 is 5.73 Å². The first-order chi connectivity index (χ1) is 5.79. The third-order valence-corrected chi connectivity index (χ3v) is 2.06. The lowest BCUT2D eigenvalue weighted by Gasteiger charge is -2.12. The van der Waals surface area contributed by atoms with Gasteiger partial charge in [-0.3, -0.25) is 0 Å². The van der Waals surface area contributed by atoms with E-state index in [-0.39, 0.29) is 25.1 Å². The minimum absolute atomic E-state index is 0. The van der Waals surface area contributed by atoms with Crippen molar-refractivity contribution in [1.82, 2.24) is 0 Å². The van der Waals surface area contributed by atoms with Crippen molar-refractivity contribution in [2.45, 2.75) is 26.0 Å². The van der Waals surface area contributed by atoms with E-state index in [0.717, 1.165) is 17.5 Å². The molecule has 0 radical (unpaired) electrons. The zero-order chi connectivity index (χ0) is 8.97. The molecule has 0 bridgehead atoms. The Bertz CT molecular complexity index is 252. The first kappa shape index (κ1) is 12.4. The third kappa shape index (κ3) is 2.99. The molecule has 0 aromatic heterocycles. The molecule has 0 spiro atoms. The quantitative estimate of drug-likeness (QED) is 0.786. The molecule has 1 atom stereocenters. The van der Waals surface area contributed by atoms with Crippen molar-refractivity contribution in [3.63, 3.8) is 0 Å². The van der Waals surface area contributed by atoms with E-state index in [4.69, 9.17) is 10.8 Å². The van der Waals surface area contributed by atoms with Crippen molar-refractivity contribution >= 4 is 12.4 Å². The zero-order valence-electron chi connectivity index (χ0n) is 7.73. The summed E-state index contributed by atoms with van der Waals surface area (Å²) in [5.41, 5.74) is 7.85. The van der Waals surface area contributed by atoms with E-state index in [0.29, 0.717) is 0 Å². The van der Waals surface area contributed by atoms with Gasteiger partial charge in [0.15, 0.2) is 0 Å². The van der Waals surface area contributed by atoms with Gasteiger partial charge in [-0.25, -0.2) is 0 Å². The normalized spacial score (nSPS) is 11.9. The predicted molar refractivity (Wildman–Crippen MR) is 56.8 cm³/mol. The lowest BCUT2D eigenvalue weighted by Crippen LogP contribution is -2.11. The fraction of sp³-hybridized carbons (Fsp3) is 0.400. The van der Waals surface area contributed by atoms with Gasteiger partial charge in [0.25, 0.3) is 0 Å². The van der Waals surface area contributed by atoms with Crippen molar-refractivity contribution in [3.05, 3.63) is 35.4 Å². The average Bonchev–Trinajstić information content (AvgIpc) is 2.16. The maximum absolute atomic E-state index is 9.01. The fourth-order valence-corrected chi connectivity index (χ4v) is 1.26. The van der Waals surface area contributed by atoms with Crippen molar-refractivity contribution < 1.29 is 5.11 Å². The Morgan fingerprint density at radius 3 is 2.54 bits per heavy atom. The monoisotopic (exact) mass is 201 g/mol. The smallest absolute Gasteiger partial charge is 0.0685 e. The van der Waals surface area contributed by atoms with E-state index in [2.05, 4.69) is 0 Å². The van der Waals surface area contributed by atoms with Gasteiger partial charge in [0.1, 0.15) is 0 Å². The lowest BCUT2D eigenvalue weighted by molar-refractivity contribution is 0.280. The highest BCUT2D eigenvalue weighted by molar-refractivity contribution is 5.85. The molecule has 0 saturated heterocycles. The van der Waals surface area contributed by atoms with Crippen LogP contribution in [0.4, 0.5) is 0 Å². The van der Waals surface area contributed by atoms with Gasteiger partial charge in [0.05, 0.1) is 6.61 Å². The summed E-state index contributed by atoms with van der Waals surface area (Å²) in [6.07, 6.45) is 0.900. The van der Waals surface area contributed by atoms with Gasteiger partial charge >= 0.3 is 0 Å². The maximum atomic E-state index is 9.01. The maximum Gasteiger partial charge on any atom is 0.0685 e. The number of aliphatic hydroxyl groups excluding tert-OH is 1. The van der Waals surface area contributed by atoms with Gasteiger partial charge in [0, 0.05) is 6.04 Å². The van der Waals surface area contributed by atoms with E-state index in [1.165, 1.54) is 0 Å². The van der Waals surface area contributed by atoms with Crippen LogP contribution in [0, 0.1) is 0 Å². The number of hydrogen-bond acceptors (Lipinski definition) is 2. The summed E-state index contributed by atoms with van der Waals surface area (Å²) in [5.74, 6) is 0. The number of rotatable bonds is 3. The van der Waals surface area contributed by atoms with Crippen LogP contribution in [0.25, 0.3) is 0 Å². The standard InChI is InChI=1S/C10H15NO.ClH/c1-2-10(11)9-6-4-3-5-8(9)7-12;/h3-6,10,12H,2,7,11H2,1H3;1H/t10-;/m0./s1. The molecule has 0 unspecified atom stereocenters. The molecular weight excluding hydrogens is 186 g/mol. The molecule has 13 heavy (non-hydrogen) atoms. The second kappa shape index (κ2) is 5.97. The second-order valence-corrected chi connectivity index (χ2v) is 2.87. The van der Waals surface area contributed by atoms with Gasteiger partial charge in [-0.15, -0.1) is 12.4 Å². The molecule has 3 N–H and O–H groups in total. The highest BCUT2D eigenvalue weighted by Crippen LogP contribution is 2.18. The number of hydrogen-bond donors (Lipinski definition) is 2. The van der Waals surface area contributed by atoms with Crippen LogP contribution >= 0.6 is 12.4 Å². The topological polar surface area (TPSA) is 46.2 Å². The molecule has 0 aliphatic rings. The Kier molecular flexibility index (Phi) is 5.71. The Morgan fingerprint density at radius 2 is 2.00 bits per heavy atom. The summed E-state index contributed by atoms with van der Waals surface area (Å²) < 4.78 is 0. The molecule has 0 aliphatic carbocycles. The van der Waals surface area contributed by atoms with Crippen LogP contribution in [0.15, 0.2) is 24.3 Å². The first-order valence-corrected chi connectivity index (χ1v) is 4.23. The van der Waals surface area contributed by atoms with Gasteiger partial charge < -0.3 is 10.8 Å². The van der Waals surface area contributed by atoms with Crippen molar-refractivity contribution in [1.29, 1.82) is 0 Å². The summed E-state index contributed by atoms with van der Waals surface area (Å²) in [4.78, 5) is 0. The molecule has 0 fully saturated rings. The largest absolute Gasteiger partial charge is 0.392 e. The van der Waals surface area contributed by atoms with Crippen molar-refractivity contribution in [2.24, 2.45) is 5.73 Å². The summed E-state index contributed by atoms with van der Waals surface area (Å²) >= 11 is 0. The zero-order valence-corrected chi connectivity index (χ0v) is 8.55. The molecular formula is C10H16ClNO. The molecule has 0 heterocycles. The minimum Gasteiger partial charge on any atom is -0.392 e. The highest BCUT2D eigenvalue weighted by atomic mass is 35.5. The lowest BCUT2D eigenvalue weighted by atomic mass is 10.00. The predicted octanol–water partition coefficient (Wildman–Crippen LogP) is 2.01. The number of benzene rings is 1. The number of nitrogens with two attached hydrogens (primary N) is 1. The molecule has 1 rings (SSSR count). The molecule has 2 nitrogen and oxygen atoms in total. The highest BCUT2D eigenvalue weighted by Gasteiger charge is 2.06. The minimum atomic E-state index is 0. The van der Waals surface area contributed by atoms with Crippen LogP contribution in [-0.2, 0) is 6.61 Å². The summed E-state index contributed by atoms with van der Waals surface area (Å²) in [5, 5.41) is 9.01. The van der Waals surface area contributed by atoms with E-state index in [1.807, 2.05) is 31.2 Å². The Labute approximate surface area is 85.2 Å². The van der Waals surface area contributed by atoms with Gasteiger partial charge in [0.2, 0.25) is 0 Å². The molecule has 0 aliphatic heterocycles. The summed E-state index contributed by atoms with van der Waals surface area (Å²) in [6.45, 7) is 2.11. The van der Waals surface area contributed by atoms with Crippen molar-refractivity contribution in [2.75, 3.05) is 0 Å². The van der Waals surface area contributed by atoms with Crippen LogP contribution in [0.5, 0.6) is 0 Å². The number of aliphatic hydroxyl groups is 1. The summed E-state index contributed by atoms with van der Waals surface area (Å²) in [7, 11) is 0. The van der Waals surface area contributed by atoms with Gasteiger partial charge in [-0.2, -0.15) is 0 Å². The average molecular weight is 202 g/mol. The van der Waals surface area contributed by atoms with E-state index >= 15 is 0 Å². The van der Waals surface area contributed by atoms with Crippen LogP contribution in [-0.4, -0.2) is 5.11 Å². The van der Waals surface area contributed by atoms with Crippen LogP contribution in [0.2, 0.25) is 0 Å². The summed E-state index contributed by atoms with van der Waals surface area (Å²) in [6, 6.07) is 7.79. The SMILES string of the molecule is CC[C@H](N)c1ccccc1CO.Cl. The second-order valence-electron chi connectivity index (χ2n) is 2.87. The molecule has 74 valence electrons. The molecule has 1 aromatic rings. The fourth-order valence-electron chi connectivity index (χ4n) is 1.26. The first-order valence-electron chi connectivity index (χ1n) is 4.23. The van der Waals surface area contributed by atoms with Crippen LogP contribution in [0.3, 0.4) is 0 Å². The van der Waals surface area contributed by atoms with Crippen molar-refractivity contribution in [3.8, 4) is 0 Å². The third-order valence-electron chi connectivity index (χ3n) is 2.06. The van der Waals surface area contributed by atoms with E-state index < -0.39 is 0 Å². The van der Waals surface area contributed by atoms with Gasteiger partial charge in [-0.05, 0) is 17.5 Å². The Hall–Kier alpha value is -0.570.